The van der Waals surface area contributed by atoms with Crippen molar-refractivity contribution in [3.05, 3.63) is 59.2 Å². The van der Waals surface area contributed by atoms with Gasteiger partial charge in [-0.05, 0) is 50.7 Å². The van der Waals surface area contributed by atoms with Crippen LogP contribution in [0.4, 0.5) is 5.69 Å². The monoisotopic (exact) mass is 381 g/mol. The summed E-state index contributed by atoms with van der Waals surface area (Å²) in [5, 5.41) is 2.81. The van der Waals surface area contributed by atoms with Gasteiger partial charge in [0.25, 0.3) is 11.8 Å². The molecule has 0 saturated carbocycles. The highest BCUT2D eigenvalue weighted by Gasteiger charge is 2.20. The maximum Gasteiger partial charge on any atom is 0.262 e. The van der Waals surface area contributed by atoms with Crippen molar-refractivity contribution in [3.8, 4) is 5.75 Å². The van der Waals surface area contributed by atoms with Gasteiger partial charge in [0.2, 0.25) is 0 Å². The van der Waals surface area contributed by atoms with Crippen molar-refractivity contribution >= 4 is 17.5 Å². The van der Waals surface area contributed by atoms with Gasteiger partial charge in [-0.15, -0.1) is 0 Å². The summed E-state index contributed by atoms with van der Waals surface area (Å²) in [4.78, 5) is 29.0. The molecule has 1 N–H and O–H groups in total. The third-order valence-corrected chi connectivity index (χ3v) is 4.87. The van der Waals surface area contributed by atoms with E-state index in [2.05, 4.69) is 17.3 Å². The predicted molar refractivity (Wildman–Crippen MR) is 110 cm³/mol. The molecule has 1 fully saturated rings. The van der Waals surface area contributed by atoms with E-state index in [4.69, 9.17) is 4.74 Å². The van der Waals surface area contributed by atoms with Crippen molar-refractivity contribution in [1.82, 2.24) is 9.80 Å². The van der Waals surface area contributed by atoms with Crippen molar-refractivity contribution in [2.24, 2.45) is 0 Å². The minimum absolute atomic E-state index is 0.00395. The number of carbonyl (C=O) groups excluding carboxylic acids is 2. The fraction of sp³-hybridized carbons (Fsp3) is 0.364. The van der Waals surface area contributed by atoms with Gasteiger partial charge in [0.05, 0.1) is 0 Å². The molecule has 6 heteroatoms. The zero-order valence-electron chi connectivity index (χ0n) is 16.7. The highest BCUT2D eigenvalue weighted by Crippen LogP contribution is 2.19. The lowest BCUT2D eigenvalue weighted by Gasteiger charge is -2.32. The molecule has 1 saturated heterocycles. The Labute approximate surface area is 166 Å². The Balaban J connectivity index is 1.57. The van der Waals surface area contributed by atoms with E-state index in [0.29, 0.717) is 17.0 Å². The first-order chi connectivity index (χ1) is 13.4. The molecule has 1 heterocycles. The van der Waals surface area contributed by atoms with Crippen LogP contribution in [0, 0.1) is 13.8 Å². The lowest BCUT2D eigenvalue weighted by atomic mass is 10.1. The first-order valence-corrected chi connectivity index (χ1v) is 9.50. The van der Waals surface area contributed by atoms with Gasteiger partial charge in [-0.25, -0.2) is 0 Å². The van der Waals surface area contributed by atoms with Crippen LogP contribution in [0.3, 0.4) is 0 Å². The van der Waals surface area contributed by atoms with Crippen LogP contribution in [0.1, 0.15) is 21.5 Å². The van der Waals surface area contributed by atoms with E-state index in [1.807, 2.05) is 36.9 Å². The summed E-state index contributed by atoms with van der Waals surface area (Å²) in [6.07, 6.45) is 0. The molecule has 2 aromatic carbocycles. The number of nitrogens with zero attached hydrogens (tertiary/aromatic N) is 2. The van der Waals surface area contributed by atoms with E-state index in [1.54, 1.807) is 24.3 Å². The molecular weight excluding hydrogens is 354 g/mol. The fourth-order valence-electron chi connectivity index (χ4n) is 3.22. The van der Waals surface area contributed by atoms with Crippen LogP contribution < -0.4 is 10.1 Å². The van der Waals surface area contributed by atoms with Gasteiger partial charge < -0.3 is 19.9 Å². The maximum atomic E-state index is 12.7. The first kappa shape index (κ1) is 19.9. The van der Waals surface area contributed by atoms with E-state index in [1.165, 1.54) is 0 Å². The molecule has 0 radical (unpaired) electrons. The second-order valence-corrected chi connectivity index (χ2v) is 7.28. The van der Waals surface area contributed by atoms with Crippen LogP contribution >= 0.6 is 0 Å². The van der Waals surface area contributed by atoms with Crippen molar-refractivity contribution in [2.45, 2.75) is 13.8 Å². The number of carbonyl (C=O) groups is 2. The van der Waals surface area contributed by atoms with Gasteiger partial charge in [0.1, 0.15) is 5.75 Å². The third-order valence-electron chi connectivity index (χ3n) is 4.87. The average Bonchev–Trinajstić information content (AvgIpc) is 2.67. The summed E-state index contributed by atoms with van der Waals surface area (Å²) >= 11 is 0. The Hall–Kier alpha value is -2.86. The number of amides is 2. The fourth-order valence-corrected chi connectivity index (χ4v) is 3.22. The van der Waals surface area contributed by atoms with Crippen LogP contribution in [-0.4, -0.2) is 61.4 Å². The average molecular weight is 381 g/mol. The summed E-state index contributed by atoms with van der Waals surface area (Å²) in [6.45, 7) is 7.06. The summed E-state index contributed by atoms with van der Waals surface area (Å²) < 4.78 is 5.62. The summed E-state index contributed by atoms with van der Waals surface area (Å²) in [6, 6.07) is 12.9. The Bertz CT molecular complexity index is 858. The SMILES string of the molecule is Cc1ccc(OCC(=O)Nc2cccc(C(=O)N3CCN(C)CC3)c2)c(C)c1. The molecule has 0 unspecified atom stereocenters. The van der Waals surface area contributed by atoms with Gasteiger partial charge in [-0.1, -0.05) is 23.8 Å². The molecule has 3 rings (SSSR count). The van der Waals surface area contributed by atoms with Gasteiger partial charge in [0.15, 0.2) is 6.61 Å². The lowest BCUT2D eigenvalue weighted by Crippen LogP contribution is -2.47. The molecule has 2 amide bonds. The molecule has 148 valence electrons. The molecule has 28 heavy (non-hydrogen) atoms. The molecule has 0 spiro atoms. The molecule has 0 aliphatic carbocycles. The van der Waals surface area contributed by atoms with Gasteiger partial charge in [0, 0.05) is 37.4 Å². The summed E-state index contributed by atoms with van der Waals surface area (Å²) in [5.41, 5.74) is 3.32. The number of piperazine rings is 1. The first-order valence-electron chi connectivity index (χ1n) is 9.50. The van der Waals surface area contributed by atoms with Crippen LogP contribution in [0.5, 0.6) is 5.75 Å². The molecule has 2 aromatic rings. The predicted octanol–water partition coefficient (Wildman–Crippen LogP) is 2.71. The smallest absolute Gasteiger partial charge is 0.262 e. The Kier molecular flexibility index (Phi) is 6.31. The van der Waals surface area contributed by atoms with E-state index in [9.17, 15) is 9.59 Å². The molecule has 6 nitrogen and oxygen atoms in total. The van der Waals surface area contributed by atoms with Crippen LogP contribution in [-0.2, 0) is 4.79 Å². The highest BCUT2D eigenvalue weighted by atomic mass is 16.5. The largest absolute Gasteiger partial charge is 0.483 e. The second-order valence-electron chi connectivity index (χ2n) is 7.28. The standard InChI is InChI=1S/C22H27N3O3/c1-16-7-8-20(17(2)13-16)28-15-21(26)23-19-6-4-5-18(14-19)22(27)25-11-9-24(3)10-12-25/h4-8,13-14H,9-12,15H2,1-3H3,(H,23,26). The Morgan fingerprint density at radius 2 is 1.79 bits per heavy atom. The number of rotatable bonds is 5. The van der Waals surface area contributed by atoms with E-state index in [0.717, 1.165) is 37.3 Å². The number of hydrogen-bond donors (Lipinski definition) is 1. The van der Waals surface area contributed by atoms with Crippen LogP contribution in [0.15, 0.2) is 42.5 Å². The Morgan fingerprint density at radius 1 is 1.04 bits per heavy atom. The van der Waals surface area contributed by atoms with Gasteiger partial charge >= 0.3 is 0 Å². The topological polar surface area (TPSA) is 61.9 Å². The molecule has 1 aliphatic heterocycles. The quantitative estimate of drug-likeness (QED) is 0.865. The number of ether oxygens (including phenoxy) is 1. The number of anilines is 1. The van der Waals surface area contributed by atoms with Gasteiger partial charge in [-0.3, -0.25) is 9.59 Å². The summed E-state index contributed by atoms with van der Waals surface area (Å²) in [7, 11) is 2.05. The zero-order chi connectivity index (χ0) is 20.1. The minimum Gasteiger partial charge on any atom is -0.483 e. The lowest BCUT2D eigenvalue weighted by molar-refractivity contribution is -0.118. The molecular formula is C22H27N3O3. The molecule has 0 bridgehead atoms. The van der Waals surface area contributed by atoms with Crippen LogP contribution in [0.2, 0.25) is 0 Å². The molecule has 1 aliphatic rings. The maximum absolute atomic E-state index is 12.7. The van der Waals surface area contributed by atoms with Gasteiger partial charge in [-0.2, -0.15) is 0 Å². The van der Waals surface area contributed by atoms with E-state index < -0.39 is 0 Å². The number of benzene rings is 2. The molecule has 0 atom stereocenters. The second kappa shape index (κ2) is 8.89. The zero-order valence-corrected chi connectivity index (χ0v) is 16.7. The number of hydrogen-bond acceptors (Lipinski definition) is 4. The van der Waals surface area contributed by atoms with E-state index in [-0.39, 0.29) is 18.4 Å². The normalized spacial score (nSPS) is 14.6. The van der Waals surface area contributed by atoms with Crippen molar-refractivity contribution < 1.29 is 14.3 Å². The molecule has 0 aromatic heterocycles. The van der Waals surface area contributed by atoms with Crippen molar-refractivity contribution in [3.63, 3.8) is 0 Å². The van der Waals surface area contributed by atoms with E-state index >= 15 is 0 Å². The third kappa shape index (κ3) is 5.10. The minimum atomic E-state index is -0.260. The Morgan fingerprint density at radius 3 is 2.50 bits per heavy atom. The number of aryl methyl sites for hydroxylation is 2. The number of likely N-dealkylation sites (N-methyl/N-ethyl adjacent to an activating group) is 1. The van der Waals surface area contributed by atoms with Crippen LogP contribution in [0.25, 0.3) is 0 Å². The highest BCUT2D eigenvalue weighted by molar-refractivity contribution is 5.97. The number of nitrogens with one attached hydrogen (secondary N) is 1. The van der Waals surface area contributed by atoms with Crippen molar-refractivity contribution in [1.29, 1.82) is 0 Å². The van der Waals surface area contributed by atoms with Crippen molar-refractivity contribution in [2.75, 3.05) is 45.2 Å². The summed E-state index contributed by atoms with van der Waals surface area (Å²) in [5.74, 6) is 0.430.